The highest BCUT2D eigenvalue weighted by Crippen LogP contribution is 2.36. The Morgan fingerprint density at radius 3 is 2.75 bits per heavy atom. The minimum absolute atomic E-state index is 0.00660. The average molecular weight is 346 g/mol. The number of likely N-dealkylation sites (tertiary alicyclic amines) is 1. The lowest BCUT2D eigenvalue weighted by Crippen LogP contribution is -2.42. The topological polar surface area (TPSA) is 98.1 Å². The number of hydrogen-bond donors (Lipinski definition) is 2. The highest BCUT2D eigenvalue weighted by atomic mass is 35.5. The Bertz CT molecular complexity index is 734. The van der Waals surface area contributed by atoms with Crippen LogP contribution in [0, 0.1) is 0 Å². The molecule has 1 atom stereocenters. The van der Waals surface area contributed by atoms with Crippen LogP contribution in [0.2, 0.25) is 5.02 Å². The van der Waals surface area contributed by atoms with Crippen LogP contribution in [0.5, 0.6) is 0 Å². The van der Waals surface area contributed by atoms with Gasteiger partial charge in [-0.05, 0) is 37.0 Å². The van der Waals surface area contributed by atoms with E-state index in [4.69, 9.17) is 23.1 Å². The van der Waals surface area contributed by atoms with Crippen LogP contribution >= 0.6 is 11.6 Å². The molecule has 3 rings (SSSR count). The number of piperidine rings is 1. The fourth-order valence-electron chi connectivity index (χ4n) is 3.15. The van der Waals surface area contributed by atoms with Crippen molar-refractivity contribution in [3.05, 3.63) is 41.2 Å². The van der Waals surface area contributed by atoms with E-state index in [-0.39, 0.29) is 24.4 Å². The SMILES string of the molecule is NCC(=O)N1CCCC[C@H]1c1nc(N)ncc1-c1ccc(Cl)cc1. The Hall–Kier alpha value is -2.18. The fraction of sp³-hybridized carbons (Fsp3) is 0.353. The van der Waals surface area contributed by atoms with Crippen molar-refractivity contribution in [1.29, 1.82) is 0 Å². The van der Waals surface area contributed by atoms with Crippen LogP contribution < -0.4 is 11.5 Å². The second-order valence-corrected chi connectivity index (χ2v) is 6.27. The molecule has 0 aliphatic carbocycles. The molecule has 2 heterocycles. The molecule has 1 aromatic carbocycles. The number of carbonyl (C=O) groups excluding carboxylic acids is 1. The van der Waals surface area contributed by atoms with Gasteiger partial charge in [-0.3, -0.25) is 4.79 Å². The predicted molar refractivity (Wildman–Crippen MR) is 94.2 cm³/mol. The van der Waals surface area contributed by atoms with Crippen molar-refractivity contribution in [3.8, 4) is 11.1 Å². The number of halogens is 1. The zero-order valence-corrected chi connectivity index (χ0v) is 14.0. The number of nitrogens with zero attached hydrogens (tertiary/aromatic N) is 3. The lowest BCUT2D eigenvalue weighted by Gasteiger charge is -2.36. The molecule has 6 nitrogen and oxygen atoms in total. The summed E-state index contributed by atoms with van der Waals surface area (Å²) in [6, 6.07) is 7.34. The second kappa shape index (κ2) is 7.15. The van der Waals surface area contributed by atoms with Crippen LogP contribution in [0.1, 0.15) is 31.0 Å². The third-order valence-corrected chi connectivity index (χ3v) is 4.56. The maximum Gasteiger partial charge on any atom is 0.236 e. The molecule has 1 amide bonds. The number of aromatic nitrogens is 2. The molecular weight excluding hydrogens is 326 g/mol. The Labute approximate surface area is 145 Å². The maximum atomic E-state index is 12.2. The van der Waals surface area contributed by atoms with Crippen LogP contribution in [-0.4, -0.2) is 33.9 Å². The van der Waals surface area contributed by atoms with Gasteiger partial charge in [0.15, 0.2) is 0 Å². The van der Waals surface area contributed by atoms with Gasteiger partial charge in [-0.1, -0.05) is 23.7 Å². The van der Waals surface area contributed by atoms with Gasteiger partial charge in [0.2, 0.25) is 11.9 Å². The molecule has 1 fully saturated rings. The van der Waals surface area contributed by atoms with Gasteiger partial charge in [-0.2, -0.15) is 0 Å². The largest absolute Gasteiger partial charge is 0.368 e. The number of hydrogen-bond acceptors (Lipinski definition) is 5. The Morgan fingerprint density at radius 2 is 2.04 bits per heavy atom. The first-order valence-corrected chi connectivity index (χ1v) is 8.36. The number of nitrogens with two attached hydrogens (primary N) is 2. The molecular formula is C17H20ClN5O. The number of benzene rings is 1. The van der Waals surface area contributed by atoms with E-state index in [0.717, 1.165) is 36.1 Å². The molecule has 0 saturated carbocycles. The van der Waals surface area contributed by atoms with Gasteiger partial charge in [0, 0.05) is 23.3 Å². The van der Waals surface area contributed by atoms with Crippen molar-refractivity contribution in [2.24, 2.45) is 5.73 Å². The smallest absolute Gasteiger partial charge is 0.236 e. The molecule has 2 aromatic rings. The summed E-state index contributed by atoms with van der Waals surface area (Å²) in [5, 5.41) is 0.661. The molecule has 1 aliphatic rings. The first-order chi connectivity index (χ1) is 11.6. The van der Waals surface area contributed by atoms with E-state index < -0.39 is 0 Å². The normalized spacial score (nSPS) is 17.8. The fourth-order valence-corrected chi connectivity index (χ4v) is 3.27. The summed E-state index contributed by atoms with van der Waals surface area (Å²) in [5.74, 6) is 0.132. The van der Waals surface area contributed by atoms with Gasteiger partial charge < -0.3 is 16.4 Å². The van der Waals surface area contributed by atoms with E-state index in [0.29, 0.717) is 11.6 Å². The van der Waals surface area contributed by atoms with Crippen LogP contribution in [-0.2, 0) is 4.79 Å². The van der Waals surface area contributed by atoms with Crippen LogP contribution in [0.25, 0.3) is 11.1 Å². The van der Waals surface area contributed by atoms with Gasteiger partial charge in [0.1, 0.15) is 0 Å². The van der Waals surface area contributed by atoms with Gasteiger partial charge >= 0.3 is 0 Å². The summed E-state index contributed by atoms with van der Waals surface area (Å²) < 4.78 is 0. The van der Waals surface area contributed by atoms with Crippen molar-refractivity contribution in [2.45, 2.75) is 25.3 Å². The molecule has 1 saturated heterocycles. The third-order valence-electron chi connectivity index (χ3n) is 4.31. The van der Waals surface area contributed by atoms with E-state index in [1.165, 1.54) is 0 Å². The molecule has 0 spiro atoms. The number of amides is 1. The monoisotopic (exact) mass is 345 g/mol. The Morgan fingerprint density at radius 1 is 1.29 bits per heavy atom. The molecule has 0 radical (unpaired) electrons. The van der Waals surface area contributed by atoms with Gasteiger partial charge in [-0.25, -0.2) is 9.97 Å². The molecule has 4 N–H and O–H groups in total. The molecule has 0 unspecified atom stereocenters. The van der Waals surface area contributed by atoms with Crippen molar-refractivity contribution in [2.75, 3.05) is 18.8 Å². The number of anilines is 1. The van der Waals surface area contributed by atoms with E-state index in [9.17, 15) is 4.79 Å². The van der Waals surface area contributed by atoms with Crippen LogP contribution in [0.3, 0.4) is 0 Å². The summed E-state index contributed by atoms with van der Waals surface area (Å²) in [5.41, 5.74) is 14.0. The number of rotatable bonds is 3. The van der Waals surface area contributed by atoms with Crippen LogP contribution in [0.4, 0.5) is 5.95 Å². The summed E-state index contributed by atoms with van der Waals surface area (Å²) in [7, 11) is 0. The van der Waals surface area contributed by atoms with Gasteiger partial charge in [-0.15, -0.1) is 0 Å². The second-order valence-electron chi connectivity index (χ2n) is 5.84. The molecule has 1 aromatic heterocycles. The Kier molecular flexibility index (Phi) is 4.97. The predicted octanol–water partition coefficient (Wildman–Crippen LogP) is 2.39. The number of nitrogen functional groups attached to an aromatic ring is 1. The molecule has 0 bridgehead atoms. The van der Waals surface area contributed by atoms with E-state index in [1.54, 1.807) is 6.20 Å². The number of carbonyl (C=O) groups is 1. The van der Waals surface area contributed by atoms with Crippen molar-refractivity contribution in [1.82, 2.24) is 14.9 Å². The Balaban J connectivity index is 2.06. The van der Waals surface area contributed by atoms with E-state index >= 15 is 0 Å². The van der Waals surface area contributed by atoms with E-state index in [2.05, 4.69) is 9.97 Å². The third kappa shape index (κ3) is 3.34. The molecule has 1 aliphatic heterocycles. The van der Waals surface area contributed by atoms with Crippen molar-refractivity contribution >= 4 is 23.5 Å². The molecule has 24 heavy (non-hydrogen) atoms. The quantitative estimate of drug-likeness (QED) is 0.890. The van der Waals surface area contributed by atoms with Gasteiger partial charge in [0.25, 0.3) is 0 Å². The van der Waals surface area contributed by atoms with Gasteiger partial charge in [0.05, 0.1) is 18.3 Å². The van der Waals surface area contributed by atoms with Crippen molar-refractivity contribution < 1.29 is 4.79 Å². The first-order valence-electron chi connectivity index (χ1n) is 7.98. The zero-order valence-electron chi connectivity index (χ0n) is 13.3. The van der Waals surface area contributed by atoms with Crippen LogP contribution in [0.15, 0.2) is 30.5 Å². The minimum atomic E-state index is -0.134. The summed E-state index contributed by atoms with van der Waals surface area (Å²) in [4.78, 5) is 22.6. The zero-order chi connectivity index (χ0) is 17.1. The summed E-state index contributed by atoms with van der Waals surface area (Å²) >= 11 is 5.98. The maximum absolute atomic E-state index is 12.2. The summed E-state index contributed by atoms with van der Waals surface area (Å²) in [6.07, 6.45) is 4.55. The lowest BCUT2D eigenvalue weighted by molar-refractivity contribution is -0.133. The average Bonchev–Trinajstić information content (AvgIpc) is 2.62. The molecule has 7 heteroatoms. The highest BCUT2D eigenvalue weighted by Gasteiger charge is 2.30. The highest BCUT2D eigenvalue weighted by molar-refractivity contribution is 6.30. The van der Waals surface area contributed by atoms with E-state index in [1.807, 2.05) is 29.2 Å². The van der Waals surface area contributed by atoms with Crippen molar-refractivity contribution in [3.63, 3.8) is 0 Å². The lowest BCUT2D eigenvalue weighted by atomic mass is 9.93. The summed E-state index contributed by atoms with van der Waals surface area (Å²) in [6.45, 7) is 0.679. The molecule has 126 valence electrons. The first kappa shape index (κ1) is 16.7. The standard InChI is InChI=1S/C17H20ClN5O/c18-12-6-4-11(5-7-12)13-10-21-17(20)22-16(13)14-3-1-2-8-23(14)15(24)9-19/h4-7,10,14H,1-3,8-9,19H2,(H2,20,21,22)/t14-/m0/s1. The minimum Gasteiger partial charge on any atom is -0.368 e.